The molecule has 1 aliphatic rings. The Morgan fingerprint density at radius 3 is 2.92 bits per heavy atom. The first kappa shape index (κ1) is 15.9. The number of methoxy groups -OCH3 is 1. The molecule has 126 valence electrons. The Labute approximate surface area is 139 Å². The number of ether oxygens (including phenoxy) is 3. The summed E-state index contributed by atoms with van der Waals surface area (Å²) in [5, 5.41) is 5.54. The van der Waals surface area contributed by atoms with Gasteiger partial charge < -0.3 is 24.8 Å². The molecule has 24 heavy (non-hydrogen) atoms. The SMILES string of the molecule is COc1ncccc1CNC(=O)NC[C@@H]1COc2ccccc2O1. The van der Waals surface area contributed by atoms with Crippen LogP contribution in [0.2, 0.25) is 0 Å². The molecule has 0 aliphatic carbocycles. The molecule has 7 nitrogen and oxygen atoms in total. The third kappa shape index (κ3) is 3.87. The Balaban J connectivity index is 1.45. The highest BCUT2D eigenvalue weighted by atomic mass is 16.6. The second-order valence-corrected chi connectivity index (χ2v) is 5.23. The number of carbonyl (C=O) groups excluding carboxylic acids is 1. The molecule has 0 radical (unpaired) electrons. The number of carbonyl (C=O) groups is 1. The van der Waals surface area contributed by atoms with Gasteiger partial charge in [0.15, 0.2) is 17.6 Å². The standard InChI is InChI=1S/C17H19N3O4/c1-22-16-12(5-4-8-18-16)9-19-17(21)20-10-13-11-23-14-6-2-3-7-15(14)24-13/h2-8,13H,9-11H2,1H3,(H2,19,20,21)/t13-/m1/s1. The summed E-state index contributed by atoms with van der Waals surface area (Å²) in [5.41, 5.74) is 0.807. The van der Waals surface area contributed by atoms with Crippen LogP contribution in [-0.4, -0.2) is 37.4 Å². The molecule has 2 N–H and O–H groups in total. The number of urea groups is 1. The van der Waals surface area contributed by atoms with Crippen molar-refractivity contribution in [1.29, 1.82) is 0 Å². The van der Waals surface area contributed by atoms with Crippen LogP contribution in [-0.2, 0) is 6.54 Å². The highest BCUT2D eigenvalue weighted by molar-refractivity contribution is 5.73. The fraction of sp³-hybridized carbons (Fsp3) is 0.294. The summed E-state index contributed by atoms with van der Waals surface area (Å²) in [6.45, 7) is 1.08. The van der Waals surface area contributed by atoms with Crippen molar-refractivity contribution in [3.8, 4) is 17.4 Å². The van der Waals surface area contributed by atoms with Gasteiger partial charge in [0.25, 0.3) is 0 Å². The number of hydrogen-bond donors (Lipinski definition) is 2. The highest BCUT2D eigenvalue weighted by Gasteiger charge is 2.20. The average molecular weight is 329 g/mol. The van der Waals surface area contributed by atoms with E-state index in [1.54, 1.807) is 19.4 Å². The van der Waals surface area contributed by atoms with Crippen LogP contribution in [0, 0.1) is 0 Å². The molecule has 0 fully saturated rings. The molecule has 0 bridgehead atoms. The highest BCUT2D eigenvalue weighted by Crippen LogP contribution is 2.30. The fourth-order valence-electron chi connectivity index (χ4n) is 2.35. The number of fused-ring (bicyclic) bond motifs is 1. The van der Waals surface area contributed by atoms with E-state index in [4.69, 9.17) is 14.2 Å². The fourth-order valence-corrected chi connectivity index (χ4v) is 2.35. The summed E-state index contributed by atoms with van der Waals surface area (Å²) in [5.74, 6) is 1.91. The van der Waals surface area contributed by atoms with E-state index in [1.165, 1.54) is 0 Å². The number of nitrogens with one attached hydrogen (secondary N) is 2. The van der Waals surface area contributed by atoms with Gasteiger partial charge in [-0.05, 0) is 18.2 Å². The smallest absolute Gasteiger partial charge is 0.315 e. The minimum Gasteiger partial charge on any atom is -0.486 e. The molecule has 2 amide bonds. The zero-order valence-electron chi connectivity index (χ0n) is 13.3. The Bertz CT molecular complexity index is 708. The Morgan fingerprint density at radius 1 is 1.25 bits per heavy atom. The summed E-state index contributed by atoms with van der Waals surface area (Å²) in [6, 6.07) is 10.8. The quantitative estimate of drug-likeness (QED) is 0.873. The number of aromatic nitrogens is 1. The lowest BCUT2D eigenvalue weighted by Gasteiger charge is -2.26. The van der Waals surface area contributed by atoms with Crippen molar-refractivity contribution in [2.75, 3.05) is 20.3 Å². The van der Waals surface area contributed by atoms with Gasteiger partial charge in [-0.2, -0.15) is 0 Å². The van der Waals surface area contributed by atoms with Gasteiger partial charge in [-0.1, -0.05) is 18.2 Å². The lowest BCUT2D eigenvalue weighted by atomic mass is 10.2. The predicted octanol–water partition coefficient (Wildman–Crippen LogP) is 1.73. The van der Waals surface area contributed by atoms with Gasteiger partial charge in [-0.3, -0.25) is 0 Å². The van der Waals surface area contributed by atoms with Gasteiger partial charge >= 0.3 is 6.03 Å². The molecule has 0 saturated carbocycles. The van der Waals surface area contributed by atoms with E-state index in [-0.39, 0.29) is 12.1 Å². The maximum absolute atomic E-state index is 11.9. The maximum atomic E-state index is 11.9. The normalized spacial score (nSPS) is 15.5. The van der Waals surface area contributed by atoms with Crippen molar-refractivity contribution >= 4 is 6.03 Å². The number of nitrogens with zero attached hydrogens (tertiary/aromatic N) is 1. The summed E-state index contributed by atoms with van der Waals surface area (Å²) in [7, 11) is 1.55. The van der Waals surface area contributed by atoms with Crippen molar-refractivity contribution in [2.24, 2.45) is 0 Å². The monoisotopic (exact) mass is 329 g/mol. The van der Waals surface area contributed by atoms with E-state index in [0.29, 0.717) is 31.3 Å². The van der Waals surface area contributed by atoms with Crippen LogP contribution >= 0.6 is 0 Å². The first-order valence-electron chi connectivity index (χ1n) is 7.64. The average Bonchev–Trinajstić information content (AvgIpc) is 2.64. The largest absolute Gasteiger partial charge is 0.486 e. The number of pyridine rings is 1. The van der Waals surface area contributed by atoms with E-state index in [9.17, 15) is 4.79 Å². The molecule has 2 heterocycles. The molecule has 7 heteroatoms. The number of amides is 2. The molecule has 1 aromatic heterocycles. The molecular weight excluding hydrogens is 310 g/mol. The van der Waals surface area contributed by atoms with Gasteiger partial charge in [0.2, 0.25) is 5.88 Å². The van der Waals surface area contributed by atoms with E-state index >= 15 is 0 Å². The van der Waals surface area contributed by atoms with Crippen LogP contribution in [0.1, 0.15) is 5.56 Å². The first-order chi connectivity index (χ1) is 11.8. The maximum Gasteiger partial charge on any atom is 0.315 e. The van der Waals surface area contributed by atoms with Crippen molar-refractivity contribution in [2.45, 2.75) is 12.6 Å². The second kappa shape index (κ2) is 7.54. The van der Waals surface area contributed by atoms with Crippen LogP contribution in [0.3, 0.4) is 0 Å². The predicted molar refractivity (Wildman–Crippen MR) is 87.4 cm³/mol. The number of para-hydroxylation sites is 2. The Kier molecular flexibility index (Phi) is 5.00. The van der Waals surface area contributed by atoms with Gasteiger partial charge in [0.05, 0.1) is 13.7 Å². The molecule has 3 rings (SSSR count). The van der Waals surface area contributed by atoms with Gasteiger partial charge in [-0.15, -0.1) is 0 Å². The molecule has 0 unspecified atom stereocenters. The number of benzene rings is 1. The van der Waals surface area contributed by atoms with Gasteiger partial charge in [0, 0.05) is 18.3 Å². The van der Waals surface area contributed by atoms with E-state index in [2.05, 4.69) is 15.6 Å². The van der Waals surface area contributed by atoms with Crippen LogP contribution in [0.4, 0.5) is 4.79 Å². The second-order valence-electron chi connectivity index (χ2n) is 5.23. The van der Waals surface area contributed by atoms with Crippen molar-refractivity contribution in [3.63, 3.8) is 0 Å². The van der Waals surface area contributed by atoms with Crippen LogP contribution in [0.5, 0.6) is 17.4 Å². The lowest BCUT2D eigenvalue weighted by molar-refractivity contribution is 0.0918. The van der Waals surface area contributed by atoms with E-state index in [1.807, 2.05) is 30.3 Å². The summed E-state index contributed by atoms with van der Waals surface area (Å²) < 4.78 is 16.5. The molecular formula is C17H19N3O4. The third-order valence-electron chi connectivity index (χ3n) is 3.54. The summed E-state index contributed by atoms with van der Waals surface area (Å²) in [6.07, 6.45) is 1.42. The van der Waals surface area contributed by atoms with Crippen LogP contribution in [0.25, 0.3) is 0 Å². The van der Waals surface area contributed by atoms with Crippen molar-refractivity contribution < 1.29 is 19.0 Å². The molecule has 1 aliphatic heterocycles. The van der Waals surface area contributed by atoms with E-state index in [0.717, 1.165) is 11.3 Å². The minimum atomic E-state index is -0.289. The molecule has 0 spiro atoms. The van der Waals surface area contributed by atoms with Crippen LogP contribution < -0.4 is 24.8 Å². The first-order valence-corrected chi connectivity index (χ1v) is 7.64. The Hall–Kier alpha value is -2.96. The lowest BCUT2D eigenvalue weighted by Crippen LogP contribution is -2.44. The number of rotatable bonds is 5. The van der Waals surface area contributed by atoms with Crippen molar-refractivity contribution in [3.05, 3.63) is 48.2 Å². The summed E-state index contributed by atoms with van der Waals surface area (Å²) >= 11 is 0. The minimum absolute atomic E-state index is 0.224. The van der Waals surface area contributed by atoms with Crippen LogP contribution in [0.15, 0.2) is 42.6 Å². The zero-order valence-corrected chi connectivity index (χ0v) is 13.3. The number of hydrogen-bond acceptors (Lipinski definition) is 5. The molecule has 1 atom stereocenters. The Morgan fingerprint density at radius 2 is 2.08 bits per heavy atom. The third-order valence-corrected chi connectivity index (χ3v) is 3.54. The topological polar surface area (TPSA) is 81.7 Å². The summed E-state index contributed by atoms with van der Waals surface area (Å²) in [4.78, 5) is 16.0. The van der Waals surface area contributed by atoms with Gasteiger partial charge in [-0.25, -0.2) is 9.78 Å². The molecule has 0 saturated heterocycles. The van der Waals surface area contributed by atoms with E-state index < -0.39 is 0 Å². The van der Waals surface area contributed by atoms with Gasteiger partial charge in [0.1, 0.15) is 6.61 Å². The molecule has 1 aromatic carbocycles. The molecule has 2 aromatic rings. The zero-order chi connectivity index (χ0) is 16.8. The van der Waals surface area contributed by atoms with Crippen molar-refractivity contribution in [1.82, 2.24) is 15.6 Å².